The molecule has 0 unspecified atom stereocenters. The van der Waals surface area contributed by atoms with Crippen molar-refractivity contribution in [2.24, 2.45) is 0 Å². The fourth-order valence-electron chi connectivity index (χ4n) is 3.37. The van der Waals surface area contributed by atoms with E-state index in [0.29, 0.717) is 5.56 Å². The third-order valence-electron chi connectivity index (χ3n) is 4.89. The summed E-state index contributed by atoms with van der Waals surface area (Å²) >= 11 is 0. The third kappa shape index (κ3) is 3.85. The first-order valence-corrected chi connectivity index (χ1v) is 9.39. The monoisotopic (exact) mass is 375 g/mol. The van der Waals surface area contributed by atoms with Gasteiger partial charge in [-0.15, -0.1) is 0 Å². The summed E-state index contributed by atoms with van der Waals surface area (Å²) in [6.45, 7) is 1.79. The quantitative estimate of drug-likeness (QED) is 0.383. The van der Waals surface area contributed by atoms with Crippen molar-refractivity contribution >= 4 is 16.9 Å². The number of rotatable bonds is 7. The zero-order valence-corrected chi connectivity index (χ0v) is 15.8. The van der Waals surface area contributed by atoms with Crippen molar-refractivity contribution in [2.75, 3.05) is 13.7 Å². The van der Waals surface area contributed by atoms with Gasteiger partial charge in [-0.05, 0) is 35.9 Å². The number of hydrogen-bond acceptors (Lipinski definition) is 3. The molecule has 0 aliphatic rings. The van der Waals surface area contributed by atoms with Gasteiger partial charge in [0.2, 0.25) is 0 Å². The van der Waals surface area contributed by atoms with Gasteiger partial charge in [0, 0.05) is 29.1 Å². The average Bonchev–Trinajstić information content (AvgIpc) is 3.38. The number of para-hydroxylation sites is 1. The maximum atomic E-state index is 11.5. The average molecular weight is 375 g/mol. The SMILES string of the molecule is COC(=O)c1ccc(-c2ccc(C[NH2+]CCc3c[nH]c4ccccc34)o2)cc1. The second kappa shape index (κ2) is 8.15. The highest BCUT2D eigenvalue weighted by Crippen LogP contribution is 2.22. The van der Waals surface area contributed by atoms with Crippen molar-refractivity contribution in [3.05, 3.63) is 83.7 Å². The summed E-state index contributed by atoms with van der Waals surface area (Å²) in [5, 5.41) is 3.55. The Morgan fingerprint density at radius 3 is 2.71 bits per heavy atom. The van der Waals surface area contributed by atoms with E-state index in [4.69, 9.17) is 9.15 Å². The van der Waals surface area contributed by atoms with Gasteiger partial charge in [-0.3, -0.25) is 0 Å². The number of ether oxygens (including phenoxy) is 1. The molecule has 5 nitrogen and oxygen atoms in total. The van der Waals surface area contributed by atoms with Crippen LogP contribution in [0, 0.1) is 0 Å². The highest BCUT2D eigenvalue weighted by atomic mass is 16.5. The fourth-order valence-corrected chi connectivity index (χ4v) is 3.37. The maximum Gasteiger partial charge on any atom is 0.337 e. The van der Waals surface area contributed by atoms with E-state index in [1.165, 1.54) is 23.6 Å². The van der Waals surface area contributed by atoms with Crippen LogP contribution in [0.15, 0.2) is 71.3 Å². The Bertz CT molecular complexity index is 1080. The van der Waals surface area contributed by atoms with Gasteiger partial charge in [0.15, 0.2) is 5.76 Å². The van der Waals surface area contributed by atoms with Gasteiger partial charge in [0.25, 0.3) is 0 Å². The Balaban J connectivity index is 1.32. The number of esters is 1. The molecule has 0 atom stereocenters. The Morgan fingerprint density at radius 1 is 1.07 bits per heavy atom. The van der Waals surface area contributed by atoms with Gasteiger partial charge >= 0.3 is 5.97 Å². The first kappa shape index (κ1) is 18.1. The van der Waals surface area contributed by atoms with Crippen LogP contribution in [0.2, 0.25) is 0 Å². The molecule has 5 heteroatoms. The lowest BCUT2D eigenvalue weighted by Gasteiger charge is -2.02. The number of H-pyrrole nitrogens is 1. The van der Waals surface area contributed by atoms with Crippen molar-refractivity contribution < 1.29 is 19.3 Å². The first-order chi connectivity index (χ1) is 13.7. The van der Waals surface area contributed by atoms with E-state index in [1.807, 2.05) is 30.3 Å². The van der Waals surface area contributed by atoms with Gasteiger partial charge in [-0.2, -0.15) is 0 Å². The topological polar surface area (TPSA) is 71.8 Å². The number of furan rings is 1. The van der Waals surface area contributed by atoms with E-state index < -0.39 is 0 Å². The van der Waals surface area contributed by atoms with E-state index in [1.54, 1.807) is 12.1 Å². The Hall–Kier alpha value is -3.31. The van der Waals surface area contributed by atoms with Gasteiger partial charge in [-0.1, -0.05) is 30.3 Å². The zero-order valence-electron chi connectivity index (χ0n) is 15.8. The van der Waals surface area contributed by atoms with Crippen LogP contribution in [0.5, 0.6) is 0 Å². The van der Waals surface area contributed by atoms with E-state index in [-0.39, 0.29) is 5.97 Å². The molecule has 0 amide bonds. The molecule has 0 radical (unpaired) electrons. The first-order valence-electron chi connectivity index (χ1n) is 9.39. The molecule has 0 saturated carbocycles. The molecule has 0 aliphatic heterocycles. The summed E-state index contributed by atoms with van der Waals surface area (Å²) < 4.78 is 10.7. The molecule has 0 fully saturated rings. The van der Waals surface area contributed by atoms with Gasteiger partial charge < -0.3 is 19.5 Å². The predicted octanol–water partition coefficient (Wildman–Crippen LogP) is 3.52. The molecule has 142 valence electrons. The van der Waals surface area contributed by atoms with E-state index >= 15 is 0 Å². The summed E-state index contributed by atoms with van der Waals surface area (Å²) in [7, 11) is 1.38. The molecule has 4 aromatic rings. The number of nitrogens with two attached hydrogens (primary N) is 1. The number of carbonyl (C=O) groups is 1. The van der Waals surface area contributed by atoms with Crippen LogP contribution in [0.4, 0.5) is 0 Å². The van der Waals surface area contributed by atoms with Crippen LogP contribution in [0.25, 0.3) is 22.2 Å². The maximum absolute atomic E-state index is 11.5. The van der Waals surface area contributed by atoms with Crippen LogP contribution in [-0.4, -0.2) is 24.6 Å². The van der Waals surface area contributed by atoms with Gasteiger partial charge in [0.1, 0.15) is 12.3 Å². The van der Waals surface area contributed by atoms with Crippen LogP contribution >= 0.6 is 0 Å². The number of hydrogen-bond donors (Lipinski definition) is 2. The smallest absolute Gasteiger partial charge is 0.337 e. The molecule has 2 aromatic carbocycles. The summed E-state index contributed by atoms with van der Waals surface area (Å²) in [6.07, 6.45) is 3.11. The number of carbonyl (C=O) groups excluding carboxylic acids is 1. The van der Waals surface area contributed by atoms with Gasteiger partial charge in [-0.25, -0.2) is 4.79 Å². The van der Waals surface area contributed by atoms with Crippen LogP contribution < -0.4 is 5.32 Å². The molecular weight excluding hydrogens is 352 g/mol. The molecular formula is C23H23N2O3+. The van der Waals surface area contributed by atoms with Crippen molar-refractivity contribution in [2.45, 2.75) is 13.0 Å². The Labute approximate surface area is 163 Å². The number of aromatic amines is 1. The van der Waals surface area contributed by atoms with Crippen LogP contribution in [-0.2, 0) is 17.7 Å². The number of aromatic nitrogens is 1. The minimum absolute atomic E-state index is 0.337. The number of quaternary nitrogens is 1. The Morgan fingerprint density at radius 2 is 1.89 bits per heavy atom. The second-order valence-corrected chi connectivity index (χ2v) is 6.73. The van der Waals surface area contributed by atoms with Crippen LogP contribution in [0.1, 0.15) is 21.7 Å². The molecule has 3 N–H and O–H groups in total. The molecule has 4 rings (SSSR count). The fraction of sp³-hybridized carbons (Fsp3) is 0.174. The second-order valence-electron chi connectivity index (χ2n) is 6.73. The molecule has 0 saturated heterocycles. The van der Waals surface area contributed by atoms with E-state index in [9.17, 15) is 4.79 Å². The Kier molecular flexibility index (Phi) is 5.26. The largest absolute Gasteiger partial charge is 0.465 e. The molecule has 0 aliphatic carbocycles. The molecule has 28 heavy (non-hydrogen) atoms. The van der Waals surface area contributed by atoms with Gasteiger partial charge in [0.05, 0.1) is 19.2 Å². The summed E-state index contributed by atoms with van der Waals surface area (Å²) in [4.78, 5) is 14.8. The predicted molar refractivity (Wildman–Crippen MR) is 108 cm³/mol. The molecule has 2 heterocycles. The molecule has 2 aromatic heterocycles. The number of fused-ring (bicyclic) bond motifs is 1. The van der Waals surface area contributed by atoms with E-state index in [0.717, 1.165) is 36.6 Å². The van der Waals surface area contributed by atoms with Crippen molar-refractivity contribution in [1.29, 1.82) is 0 Å². The molecule has 0 spiro atoms. The highest BCUT2D eigenvalue weighted by Gasteiger charge is 2.09. The third-order valence-corrected chi connectivity index (χ3v) is 4.89. The minimum Gasteiger partial charge on any atom is -0.465 e. The number of benzene rings is 2. The lowest BCUT2D eigenvalue weighted by molar-refractivity contribution is -0.671. The lowest BCUT2D eigenvalue weighted by Crippen LogP contribution is -2.83. The standard InChI is InChI=1S/C23H22N2O3/c1-27-23(26)17-8-6-16(7-9-17)22-11-10-19(28-22)15-24-13-12-18-14-25-21-5-3-2-4-20(18)21/h2-11,14,24-25H,12-13,15H2,1H3/p+1. The van der Waals surface area contributed by atoms with E-state index in [2.05, 4.69) is 34.7 Å². The number of methoxy groups -OCH3 is 1. The highest BCUT2D eigenvalue weighted by molar-refractivity contribution is 5.89. The summed E-state index contributed by atoms with van der Waals surface area (Å²) in [5.41, 5.74) is 4.01. The zero-order chi connectivity index (χ0) is 19.3. The number of nitrogens with one attached hydrogen (secondary N) is 1. The summed E-state index contributed by atoms with van der Waals surface area (Å²) in [6, 6.07) is 19.6. The molecule has 0 bridgehead atoms. The lowest BCUT2D eigenvalue weighted by atomic mass is 10.1. The van der Waals surface area contributed by atoms with Crippen molar-refractivity contribution in [1.82, 2.24) is 4.98 Å². The normalized spacial score (nSPS) is 11.0. The van der Waals surface area contributed by atoms with Crippen molar-refractivity contribution in [3.63, 3.8) is 0 Å². The van der Waals surface area contributed by atoms with Crippen molar-refractivity contribution in [3.8, 4) is 11.3 Å². The van der Waals surface area contributed by atoms with Crippen LogP contribution in [0.3, 0.4) is 0 Å². The summed E-state index contributed by atoms with van der Waals surface area (Å²) in [5.74, 6) is 1.40. The minimum atomic E-state index is -0.337.